The topological polar surface area (TPSA) is 114 Å². The molecule has 0 fully saturated rings. The number of carbonyl (C=O) groups excluding carboxylic acids is 3. The summed E-state index contributed by atoms with van der Waals surface area (Å²) in [5.41, 5.74) is 1.61. The Kier molecular flexibility index (Phi) is 14.5. The Hall–Kier alpha value is -3.91. The minimum Gasteiger partial charge on any atom is -0.489 e. The molecule has 0 heterocycles. The van der Waals surface area contributed by atoms with E-state index in [1.54, 1.807) is 12.2 Å². The first-order valence-corrected chi connectivity index (χ1v) is 14.4. The number of ether oxygens (including phenoxy) is 2. The van der Waals surface area contributed by atoms with Gasteiger partial charge in [-0.3, -0.25) is 14.4 Å². The zero-order valence-corrected chi connectivity index (χ0v) is 25.1. The number of hydrogen-bond acceptors (Lipinski definition) is 6. The summed E-state index contributed by atoms with van der Waals surface area (Å²) in [4.78, 5) is 38.1. The highest BCUT2D eigenvalue weighted by molar-refractivity contribution is 5.86. The zero-order chi connectivity index (χ0) is 31.0. The number of hydrogen-bond donors (Lipinski definition) is 3. The van der Waals surface area contributed by atoms with E-state index in [0.29, 0.717) is 25.9 Å². The SMILES string of the molecule is C=CCCC(=O)OC[C@@H](NC(=O)[C@H](CC=C)CC(=O)N[C@H](CO)Cc1ccc(OCc2ccccc2)cc1)C(C)(C)C. The Labute approximate surface area is 250 Å². The van der Waals surface area contributed by atoms with E-state index < -0.39 is 18.0 Å². The van der Waals surface area contributed by atoms with E-state index in [1.807, 2.05) is 75.4 Å². The first kappa shape index (κ1) is 34.3. The van der Waals surface area contributed by atoms with Crippen molar-refractivity contribution in [2.45, 2.75) is 71.6 Å². The van der Waals surface area contributed by atoms with Gasteiger partial charge in [-0.15, -0.1) is 13.2 Å². The standard InChI is InChI=1S/C34H46N2O6/c1-6-8-15-32(39)42-24-30(34(3,4)5)36-33(40)27(12-7-2)21-31(38)35-28(22-37)20-25-16-18-29(19-17-25)41-23-26-13-10-9-11-14-26/h6-7,9-11,13-14,16-19,27-28,30,37H,1-2,8,12,15,20-24H2,3-5H3,(H,35,38)(H,36,40)/t27-,28+,30-/m1/s1. The van der Waals surface area contributed by atoms with Gasteiger partial charge < -0.3 is 25.2 Å². The van der Waals surface area contributed by atoms with Gasteiger partial charge >= 0.3 is 5.97 Å². The average molecular weight is 579 g/mol. The Morgan fingerprint density at radius 1 is 0.952 bits per heavy atom. The van der Waals surface area contributed by atoms with Gasteiger partial charge in [-0.05, 0) is 47.9 Å². The smallest absolute Gasteiger partial charge is 0.306 e. The highest BCUT2D eigenvalue weighted by atomic mass is 16.5. The van der Waals surface area contributed by atoms with Crippen LogP contribution in [0.3, 0.4) is 0 Å². The number of aliphatic hydroxyl groups is 1. The predicted molar refractivity (Wildman–Crippen MR) is 165 cm³/mol. The van der Waals surface area contributed by atoms with Gasteiger partial charge in [0.25, 0.3) is 0 Å². The summed E-state index contributed by atoms with van der Waals surface area (Å²) in [7, 11) is 0. The molecule has 3 N–H and O–H groups in total. The Bertz CT molecular complexity index is 1140. The van der Waals surface area contributed by atoms with Crippen molar-refractivity contribution in [3.05, 3.63) is 91.0 Å². The zero-order valence-electron chi connectivity index (χ0n) is 25.1. The number of carbonyl (C=O) groups is 3. The second-order valence-corrected chi connectivity index (χ2v) is 11.4. The van der Waals surface area contributed by atoms with Crippen LogP contribution in [0.15, 0.2) is 79.9 Å². The van der Waals surface area contributed by atoms with Crippen LogP contribution in [0.1, 0.15) is 57.6 Å². The van der Waals surface area contributed by atoms with Crippen molar-refractivity contribution in [3.63, 3.8) is 0 Å². The summed E-state index contributed by atoms with van der Waals surface area (Å²) < 4.78 is 11.2. The number of rotatable bonds is 18. The molecule has 8 heteroatoms. The Balaban J connectivity index is 1.92. The quantitative estimate of drug-likeness (QED) is 0.171. The lowest BCUT2D eigenvalue weighted by atomic mass is 9.86. The van der Waals surface area contributed by atoms with Crippen molar-refractivity contribution in [1.29, 1.82) is 0 Å². The van der Waals surface area contributed by atoms with Crippen molar-refractivity contribution in [1.82, 2.24) is 10.6 Å². The van der Waals surface area contributed by atoms with E-state index in [-0.39, 0.29) is 49.3 Å². The van der Waals surface area contributed by atoms with Gasteiger partial charge in [0.15, 0.2) is 0 Å². The van der Waals surface area contributed by atoms with Gasteiger partial charge in [0.1, 0.15) is 19.0 Å². The maximum atomic E-state index is 13.2. The van der Waals surface area contributed by atoms with Crippen molar-refractivity contribution in [2.24, 2.45) is 11.3 Å². The van der Waals surface area contributed by atoms with Crippen LogP contribution in [-0.2, 0) is 32.1 Å². The molecule has 0 aliphatic rings. The minimum atomic E-state index is -0.663. The van der Waals surface area contributed by atoms with Crippen molar-refractivity contribution in [3.8, 4) is 5.75 Å². The van der Waals surface area contributed by atoms with E-state index in [4.69, 9.17) is 9.47 Å². The molecule has 0 aliphatic carbocycles. The molecule has 0 unspecified atom stereocenters. The van der Waals surface area contributed by atoms with Crippen LogP contribution in [-0.4, -0.2) is 48.2 Å². The number of nitrogens with one attached hydrogen (secondary N) is 2. The number of allylic oxidation sites excluding steroid dienone is 2. The van der Waals surface area contributed by atoms with Crippen LogP contribution in [0.5, 0.6) is 5.75 Å². The van der Waals surface area contributed by atoms with Crippen LogP contribution in [0, 0.1) is 11.3 Å². The van der Waals surface area contributed by atoms with Crippen LogP contribution < -0.4 is 15.4 Å². The van der Waals surface area contributed by atoms with Gasteiger partial charge in [0.2, 0.25) is 11.8 Å². The summed E-state index contributed by atoms with van der Waals surface area (Å²) >= 11 is 0. The lowest BCUT2D eigenvalue weighted by Crippen LogP contribution is -2.50. The summed E-state index contributed by atoms with van der Waals surface area (Å²) in [5, 5.41) is 15.8. The van der Waals surface area contributed by atoms with Gasteiger partial charge in [-0.1, -0.05) is 75.4 Å². The molecule has 2 rings (SSSR count). The normalized spacial score (nSPS) is 13.2. The van der Waals surface area contributed by atoms with E-state index in [2.05, 4.69) is 23.8 Å². The maximum Gasteiger partial charge on any atom is 0.306 e. The molecule has 2 aromatic carbocycles. The van der Waals surface area contributed by atoms with Crippen LogP contribution in [0.25, 0.3) is 0 Å². The molecule has 3 atom stereocenters. The molecule has 2 aromatic rings. The fourth-order valence-corrected chi connectivity index (χ4v) is 4.17. The molecule has 2 amide bonds. The third-order valence-electron chi connectivity index (χ3n) is 6.82. The molecular weight excluding hydrogens is 532 g/mol. The molecule has 0 bridgehead atoms. The highest BCUT2D eigenvalue weighted by Crippen LogP contribution is 2.22. The van der Waals surface area contributed by atoms with E-state index in [9.17, 15) is 19.5 Å². The largest absolute Gasteiger partial charge is 0.489 e. The molecule has 8 nitrogen and oxygen atoms in total. The van der Waals surface area contributed by atoms with Gasteiger partial charge in [-0.25, -0.2) is 0 Å². The van der Waals surface area contributed by atoms with Gasteiger partial charge in [0, 0.05) is 12.8 Å². The molecule has 0 saturated carbocycles. The summed E-state index contributed by atoms with van der Waals surface area (Å²) in [6.45, 7) is 13.4. The molecule has 0 aliphatic heterocycles. The minimum absolute atomic E-state index is 0.0287. The third kappa shape index (κ3) is 12.7. The lowest BCUT2D eigenvalue weighted by Gasteiger charge is -2.32. The fourth-order valence-electron chi connectivity index (χ4n) is 4.17. The average Bonchev–Trinajstić information content (AvgIpc) is 2.97. The lowest BCUT2D eigenvalue weighted by molar-refractivity contribution is -0.146. The van der Waals surface area contributed by atoms with E-state index in [0.717, 1.165) is 16.9 Å². The van der Waals surface area contributed by atoms with Crippen molar-refractivity contribution >= 4 is 17.8 Å². The Morgan fingerprint density at radius 3 is 2.24 bits per heavy atom. The number of amides is 2. The van der Waals surface area contributed by atoms with Gasteiger partial charge in [-0.2, -0.15) is 0 Å². The molecule has 228 valence electrons. The summed E-state index contributed by atoms with van der Waals surface area (Å²) in [6, 6.07) is 16.5. The highest BCUT2D eigenvalue weighted by Gasteiger charge is 2.31. The summed E-state index contributed by atoms with van der Waals surface area (Å²) in [5.74, 6) is -0.958. The first-order chi connectivity index (χ1) is 20.0. The second kappa shape index (κ2) is 17.8. The van der Waals surface area contributed by atoms with Crippen molar-refractivity contribution < 1.29 is 29.0 Å². The van der Waals surface area contributed by atoms with E-state index in [1.165, 1.54) is 0 Å². The molecule has 42 heavy (non-hydrogen) atoms. The monoisotopic (exact) mass is 578 g/mol. The maximum absolute atomic E-state index is 13.2. The number of esters is 1. The van der Waals surface area contributed by atoms with Gasteiger partial charge in [0.05, 0.1) is 24.6 Å². The summed E-state index contributed by atoms with van der Waals surface area (Å²) in [6.07, 6.45) is 4.64. The second-order valence-electron chi connectivity index (χ2n) is 11.4. The fraction of sp³-hybridized carbons (Fsp3) is 0.441. The van der Waals surface area contributed by atoms with Crippen molar-refractivity contribution in [2.75, 3.05) is 13.2 Å². The molecule has 0 saturated heterocycles. The number of aliphatic hydroxyl groups excluding tert-OH is 1. The number of benzene rings is 2. The molecule has 0 spiro atoms. The van der Waals surface area contributed by atoms with Crippen LogP contribution >= 0.6 is 0 Å². The molecule has 0 aromatic heterocycles. The molecule has 0 radical (unpaired) electrons. The van der Waals surface area contributed by atoms with Crippen LogP contribution in [0.4, 0.5) is 0 Å². The third-order valence-corrected chi connectivity index (χ3v) is 6.82. The Morgan fingerprint density at radius 2 is 1.64 bits per heavy atom. The first-order valence-electron chi connectivity index (χ1n) is 14.4. The molecular formula is C34H46N2O6. The van der Waals surface area contributed by atoms with E-state index >= 15 is 0 Å². The van der Waals surface area contributed by atoms with Crippen LogP contribution in [0.2, 0.25) is 0 Å². The predicted octanol–water partition coefficient (Wildman–Crippen LogP) is 4.91.